The van der Waals surface area contributed by atoms with E-state index in [1.807, 2.05) is 42.5 Å². The highest BCUT2D eigenvalue weighted by Gasteiger charge is 2.11. The molecule has 0 unspecified atom stereocenters. The smallest absolute Gasteiger partial charge is 0.123 e. The normalized spacial score (nSPS) is 10.6. The third kappa shape index (κ3) is 4.36. The van der Waals surface area contributed by atoms with Gasteiger partial charge in [0.15, 0.2) is 0 Å². The lowest BCUT2D eigenvalue weighted by Crippen LogP contribution is -2.19. The highest BCUT2D eigenvalue weighted by Crippen LogP contribution is 2.25. The number of hydrogen-bond acceptors (Lipinski definition) is 2. The SMILES string of the molecule is c1ccc(NC(Nc2ccccc2)c2ccc(-c3ccccc3)cc2)cc1. The molecule has 2 nitrogen and oxygen atoms in total. The highest BCUT2D eigenvalue weighted by molar-refractivity contribution is 5.64. The van der Waals surface area contributed by atoms with E-state index in [4.69, 9.17) is 0 Å². The van der Waals surface area contributed by atoms with Crippen molar-refractivity contribution in [3.63, 3.8) is 0 Å². The van der Waals surface area contributed by atoms with E-state index in [9.17, 15) is 0 Å². The van der Waals surface area contributed by atoms with Crippen LogP contribution in [0.3, 0.4) is 0 Å². The van der Waals surface area contributed by atoms with Crippen LogP contribution < -0.4 is 10.6 Å². The summed E-state index contributed by atoms with van der Waals surface area (Å²) in [5.41, 5.74) is 5.80. The van der Waals surface area contributed by atoms with E-state index in [0.29, 0.717) is 0 Å². The van der Waals surface area contributed by atoms with Gasteiger partial charge in [0, 0.05) is 11.4 Å². The Balaban J connectivity index is 1.61. The summed E-state index contributed by atoms with van der Waals surface area (Å²) in [6.45, 7) is 0. The van der Waals surface area contributed by atoms with Crippen molar-refractivity contribution >= 4 is 11.4 Å². The minimum Gasteiger partial charge on any atom is -0.362 e. The van der Waals surface area contributed by atoms with Gasteiger partial charge in [-0.3, -0.25) is 0 Å². The van der Waals surface area contributed by atoms with Gasteiger partial charge in [-0.25, -0.2) is 0 Å². The molecule has 4 aromatic rings. The molecule has 0 heterocycles. The van der Waals surface area contributed by atoms with Gasteiger partial charge < -0.3 is 10.6 Å². The van der Waals surface area contributed by atoms with Crippen LogP contribution in [0.2, 0.25) is 0 Å². The Bertz CT molecular complexity index is 908. The number of hydrogen-bond donors (Lipinski definition) is 2. The number of anilines is 2. The summed E-state index contributed by atoms with van der Waals surface area (Å²) in [5, 5.41) is 7.18. The van der Waals surface area contributed by atoms with Crippen LogP contribution in [0, 0.1) is 0 Å². The summed E-state index contributed by atoms with van der Waals surface area (Å²) in [5.74, 6) is 0. The van der Waals surface area contributed by atoms with E-state index in [1.165, 1.54) is 16.7 Å². The molecule has 4 aromatic carbocycles. The largest absolute Gasteiger partial charge is 0.362 e. The van der Waals surface area contributed by atoms with E-state index in [1.54, 1.807) is 0 Å². The molecule has 2 heteroatoms. The van der Waals surface area contributed by atoms with Crippen molar-refractivity contribution in [3.05, 3.63) is 121 Å². The first-order chi connectivity index (χ1) is 13.4. The van der Waals surface area contributed by atoms with Gasteiger partial charge in [0.05, 0.1) is 0 Å². The number of para-hydroxylation sites is 2. The standard InChI is InChI=1S/C25H22N2/c1-4-10-20(11-5-1)21-16-18-22(19-17-21)25(26-23-12-6-2-7-13-23)27-24-14-8-3-9-15-24/h1-19,25-27H. The predicted molar refractivity (Wildman–Crippen MR) is 115 cm³/mol. The van der Waals surface area contributed by atoms with Gasteiger partial charge in [-0.15, -0.1) is 0 Å². The van der Waals surface area contributed by atoms with E-state index in [-0.39, 0.29) is 6.17 Å². The fourth-order valence-corrected chi connectivity index (χ4v) is 3.10. The van der Waals surface area contributed by atoms with Gasteiger partial charge in [0.1, 0.15) is 6.17 Å². The van der Waals surface area contributed by atoms with Gasteiger partial charge >= 0.3 is 0 Å². The quantitative estimate of drug-likeness (QED) is 0.384. The molecular weight excluding hydrogens is 328 g/mol. The highest BCUT2D eigenvalue weighted by atomic mass is 15.1. The maximum atomic E-state index is 3.59. The molecule has 0 radical (unpaired) electrons. The first-order valence-corrected chi connectivity index (χ1v) is 9.17. The average Bonchev–Trinajstić information content (AvgIpc) is 2.76. The van der Waals surface area contributed by atoms with Gasteiger partial charge in [0.2, 0.25) is 0 Å². The van der Waals surface area contributed by atoms with E-state index < -0.39 is 0 Å². The maximum Gasteiger partial charge on any atom is 0.123 e. The Morgan fingerprint density at radius 2 is 0.815 bits per heavy atom. The van der Waals surface area contributed by atoms with E-state index >= 15 is 0 Å². The second kappa shape index (κ2) is 8.24. The van der Waals surface area contributed by atoms with Crippen molar-refractivity contribution < 1.29 is 0 Å². The summed E-state index contributed by atoms with van der Waals surface area (Å²) < 4.78 is 0. The zero-order valence-corrected chi connectivity index (χ0v) is 15.0. The van der Waals surface area contributed by atoms with Crippen molar-refractivity contribution in [2.45, 2.75) is 6.17 Å². The molecule has 0 amide bonds. The number of nitrogens with one attached hydrogen (secondary N) is 2. The molecule has 27 heavy (non-hydrogen) atoms. The third-order valence-corrected chi connectivity index (χ3v) is 4.52. The molecule has 132 valence electrons. The second-order valence-electron chi connectivity index (χ2n) is 6.44. The van der Waals surface area contributed by atoms with E-state index in [0.717, 1.165) is 11.4 Å². The zero-order valence-electron chi connectivity index (χ0n) is 15.0. The lowest BCUT2D eigenvalue weighted by Gasteiger charge is -2.23. The molecule has 0 fully saturated rings. The summed E-state index contributed by atoms with van der Waals surface area (Å²) in [4.78, 5) is 0. The molecule has 0 atom stereocenters. The van der Waals surface area contributed by atoms with Crippen LogP contribution >= 0.6 is 0 Å². The average molecular weight is 350 g/mol. The predicted octanol–water partition coefficient (Wildman–Crippen LogP) is 6.58. The first kappa shape index (κ1) is 16.9. The minimum absolute atomic E-state index is 0.0281. The van der Waals surface area contributed by atoms with Crippen LogP contribution in [0.25, 0.3) is 11.1 Å². The summed E-state index contributed by atoms with van der Waals surface area (Å²) >= 11 is 0. The topological polar surface area (TPSA) is 24.1 Å². The van der Waals surface area contributed by atoms with Crippen molar-refractivity contribution in [1.82, 2.24) is 0 Å². The Hall–Kier alpha value is -3.52. The lowest BCUT2D eigenvalue weighted by atomic mass is 10.0. The van der Waals surface area contributed by atoms with Gasteiger partial charge in [0.25, 0.3) is 0 Å². The zero-order chi connectivity index (χ0) is 18.3. The number of benzene rings is 4. The molecule has 0 spiro atoms. The molecule has 4 rings (SSSR count). The van der Waals surface area contributed by atoms with Gasteiger partial charge in [-0.05, 0) is 41.0 Å². The van der Waals surface area contributed by atoms with E-state index in [2.05, 4.69) is 83.4 Å². The monoisotopic (exact) mass is 350 g/mol. The Kier molecular flexibility index (Phi) is 5.16. The summed E-state index contributed by atoms with van der Waals surface area (Å²) in [7, 11) is 0. The van der Waals surface area contributed by atoms with Crippen LogP contribution in [-0.4, -0.2) is 0 Å². The molecule has 0 saturated carbocycles. The van der Waals surface area contributed by atoms with Crippen LogP contribution in [-0.2, 0) is 0 Å². The fourth-order valence-electron chi connectivity index (χ4n) is 3.10. The molecule has 0 aromatic heterocycles. The molecular formula is C25H22N2. The lowest BCUT2D eigenvalue weighted by molar-refractivity contribution is 0.902. The summed E-state index contributed by atoms with van der Waals surface area (Å²) in [6, 6.07) is 39.7. The summed E-state index contributed by atoms with van der Waals surface area (Å²) in [6.07, 6.45) is -0.0281. The number of rotatable bonds is 6. The fraction of sp³-hybridized carbons (Fsp3) is 0.0400. The molecule has 0 bridgehead atoms. The van der Waals surface area contributed by atoms with Crippen molar-refractivity contribution in [2.24, 2.45) is 0 Å². The van der Waals surface area contributed by atoms with Crippen molar-refractivity contribution in [2.75, 3.05) is 10.6 Å². The van der Waals surface area contributed by atoms with Gasteiger partial charge in [-0.1, -0.05) is 91.0 Å². The Labute approximate surface area is 160 Å². The minimum atomic E-state index is -0.0281. The molecule has 0 aliphatic rings. The van der Waals surface area contributed by atoms with Crippen molar-refractivity contribution in [1.29, 1.82) is 0 Å². The molecule has 2 N–H and O–H groups in total. The van der Waals surface area contributed by atoms with Crippen LogP contribution in [0.1, 0.15) is 11.7 Å². The molecule has 0 aliphatic carbocycles. The Morgan fingerprint density at radius 1 is 0.407 bits per heavy atom. The van der Waals surface area contributed by atoms with Gasteiger partial charge in [-0.2, -0.15) is 0 Å². The van der Waals surface area contributed by atoms with Crippen LogP contribution in [0.4, 0.5) is 11.4 Å². The van der Waals surface area contributed by atoms with Crippen LogP contribution in [0.15, 0.2) is 115 Å². The Morgan fingerprint density at radius 3 is 1.30 bits per heavy atom. The van der Waals surface area contributed by atoms with Crippen LogP contribution in [0.5, 0.6) is 0 Å². The maximum absolute atomic E-state index is 3.59. The second-order valence-corrected chi connectivity index (χ2v) is 6.44. The molecule has 0 saturated heterocycles. The molecule has 0 aliphatic heterocycles. The first-order valence-electron chi connectivity index (χ1n) is 9.17. The van der Waals surface area contributed by atoms with Crippen molar-refractivity contribution in [3.8, 4) is 11.1 Å². The third-order valence-electron chi connectivity index (χ3n) is 4.52.